The zero-order valence-corrected chi connectivity index (χ0v) is 12.5. The number of nitrogens with one attached hydrogen (secondary N) is 2. The second-order valence-corrected chi connectivity index (χ2v) is 6.15. The van der Waals surface area contributed by atoms with Crippen LogP contribution in [0.5, 0.6) is 0 Å². The fraction of sp³-hybridized carbons (Fsp3) is 0.188. The van der Waals surface area contributed by atoms with E-state index in [0.717, 1.165) is 19.3 Å². The first-order chi connectivity index (χ1) is 10.7. The molecule has 0 fully saturated rings. The molecule has 0 atom stereocenters. The quantitative estimate of drug-likeness (QED) is 0.834. The van der Waals surface area contributed by atoms with Crippen LogP contribution in [-0.4, -0.2) is 11.8 Å². The Balaban J connectivity index is 1.60. The van der Waals surface area contributed by atoms with Crippen LogP contribution in [0.3, 0.4) is 0 Å². The van der Waals surface area contributed by atoms with Gasteiger partial charge in [0.25, 0.3) is 11.8 Å². The molecule has 2 aromatic rings. The van der Waals surface area contributed by atoms with E-state index >= 15 is 0 Å². The maximum Gasteiger partial charge on any atom is 0.279 e. The number of hydrogen-bond acceptors (Lipinski definition) is 4. The number of nitriles is 1. The first-order valence-electron chi connectivity index (χ1n) is 6.90. The van der Waals surface area contributed by atoms with Crippen molar-refractivity contribution in [3.63, 3.8) is 0 Å². The topological polar surface area (TPSA) is 82.0 Å². The lowest BCUT2D eigenvalue weighted by Gasteiger charge is -2.06. The van der Waals surface area contributed by atoms with Gasteiger partial charge in [-0.05, 0) is 55.2 Å². The van der Waals surface area contributed by atoms with Crippen LogP contribution in [0.2, 0.25) is 0 Å². The van der Waals surface area contributed by atoms with Crippen LogP contribution < -0.4 is 10.9 Å². The van der Waals surface area contributed by atoms with Crippen molar-refractivity contribution in [2.24, 2.45) is 0 Å². The molecule has 0 aliphatic heterocycles. The fourth-order valence-electron chi connectivity index (χ4n) is 2.38. The summed E-state index contributed by atoms with van der Waals surface area (Å²) in [6.45, 7) is 0. The molecule has 1 aliphatic rings. The van der Waals surface area contributed by atoms with Gasteiger partial charge in [0.05, 0.1) is 16.5 Å². The standard InChI is InChI=1S/C16H13N3O2S/c17-9-10-4-6-11(7-5-10)15(20)18-19-16(21)14-8-12-2-1-3-13(12)22-14/h4-8H,1-3H2,(H,18,20)(H,19,21). The van der Waals surface area contributed by atoms with E-state index in [9.17, 15) is 9.59 Å². The number of carbonyl (C=O) groups is 2. The second kappa shape index (κ2) is 6.00. The molecule has 5 nitrogen and oxygen atoms in total. The molecule has 1 aromatic carbocycles. The van der Waals surface area contributed by atoms with E-state index < -0.39 is 5.91 Å². The average molecular weight is 311 g/mol. The number of carbonyl (C=O) groups excluding carboxylic acids is 2. The van der Waals surface area contributed by atoms with Gasteiger partial charge in [-0.1, -0.05) is 0 Å². The van der Waals surface area contributed by atoms with Gasteiger partial charge in [0, 0.05) is 10.4 Å². The highest BCUT2D eigenvalue weighted by Crippen LogP contribution is 2.30. The Hall–Kier alpha value is -2.65. The number of amides is 2. The van der Waals surface area contributed by atoms with Crippen LogP contribution in [0, 0.1) is 11.3 Å². The predicted molar refractivity (Wildman–Crippen MR) is 82.4 cm³/mol. The molecule has 0 saturated carbocycles. The number of benzene rings is 1. The molecule has 3 rings (SSSR count). The Kier molecular flexibility index (Phi) is 3.90. The number of aryl methyl sites for hydroxylation is 2. The summed E-state index contributed by atoms with van der Waals surface area (Å²) in [5.41, 5.74) is 6.91. The highest BCUT2D eigenvalue weighted by molar-refractivity contribution is 7.14. The molecular formula is C16H13N3O2S. The number of rotatable bonds is 2. The summed E-state index contributed by atoms with van der Waals surface area (Å²) in [5, 5.41) is 8.71. The van der Waals surface area contributed by atoms with Crippen LogP contribution in [-0.2, 0) is 12.8 Å². The maximum absolute atomic E-state index is 12.0. The minimum atomic E-state index is -0.415. The van der Waals surface area contributed by atoms with Crippen molar-refractivity contribution in [3.05, 3.63) is 56.8 Å². The number of thiophene rings is 1. The van der Waals surface area contributed by atoms with Crippen LogP contribution in [0.15, 0.2) is 30.3 Å². The SMILES string of the molecule is N#Cc1ccc(C(=O)NNC(=O)c2cc3c(s2)CCC3)cc1. The normalized spacial score (nSPS) is 12.3. The van der Waals surface area contributed by atoms with Gasteiger partial charge in [0.1, 0.15) is 0 Å². The lowest BCUT2D eigenvalue weighted by atomic mass is 10.1. The van der Waals surface area contributed by atoms with E-state index in [0.29, 0.717) is 16.0 Å². The van der Waals surface area contributed by atoms with Crippen LogP contribution in [0.1, 0.15) is 42.5 Å². The van der Waals surface area contributed by atoms with E-state index in [1.54, 1.807) is 24.3 Å². The van der Waals surface area contributed by atoms with Gasteiger partial charge in [-0.15, -0.1) is 11.3 Å². The summed E-state index contributed by atoms with van der Waals surface area (Å²) >= 11 is 1.48. The van der Waals surface area contributed by atoms with Crippen molar-refractivity contribution in [3.8, 4) is 6.07 Å². The van der Waals surface area contributed by atoms with Crippen molar-refractivity contribution in [1.29, 1.82) is 5.26 Å². The minimum absolute atomic E-state index is 0.304. The predicted octanol–water partition coefficient (Wildman–Crippen LogP) is 2.18. The lowest BCUT2D eigenvalue weighted by Crippen LogP contribution is -2.41. The highest BCUT2D eigenvalue weighted by atomic mass is 32.1. The fourth-order valence-corrected chi connectivity index (χ4v) is 3.53. The van der Waals surface area contributed by atoms with E-state index in [4.69, 9.17) is 5.26 Å². The molecular weight excluding hydrogens is 298 g/mol. The van der Waals surface area contributed by atoms with E-state index in [1.807, 2.05) is 12.1 Å². The molecule has 0 radical (unpaired) electrons. The summed E-state index contributed by atoms with van der Waals surface area (Å²) in [7, 11) is 0. The maximum atomic E-state index is 12.0. The van der Waals surface area contributed by atoms with E-state index in [2.05, 4.69) is 10.9 Å². The molecule has 0 saturated heterocycles. The Bertz CT molecular complexity index is 750. The number of fused-ring (bicyclic) bond motifs is 1. The van der Waals surface area contributed by atoms with Gasteiger partial charge < -0.3 is 0 Å². The highest BCUT2D eigenvalue weighted by Gasteiger charge is 2.18. The Morgan fingerprint density at radius 3 is 2.50 bits per heavy atom. The number of hydrazine groups is 1. The Morgan fingerprint density at radius 1 is 1.09 bits per heavy atom. The number of hydrogen-bond donors (Lipinski definition) is 2. The first-order valence-corrected chi connectivity index (χ1v) is 7.71. The minimum Gasteiger partial charge on any atom is -0.267 e. The molecule has 0 bridgehead atoms. The second-order valence-electron chi connectivity index (χ2n) is 5.01. The van der Waals surface area contributed by atoms with Crippen molar-refractivity contribution < 1.29 is 9.59 Å². The zero-order valence-electron chi connectivity index (χ0n) is 11.7. The van der Waals surface area contributed by atoms with Gasteiger partial charge >= 0.3 is 0 Å². The molecule has 0 unspecified atom stereocenters. The van der Waals surface area contributed by atoms with E-state index in [-0.39, 0.29) is 5.91 Å². The van der Waals surface area contributed by atoms with Gasteiger partial charge in [-0.25, -0.2) is 0 Å². The van der Waals surface area contributed by atoms with Crippen molar-refractivity contribution in [2.45, 2.75) is 19.3 Å². The summed E-state index contributed by atoms with van der Waals surface area (Å²) < 4.78 is 0. The van der Waals surface area contributed by atoms with Gasteiger partial charge in [-0.2, -0.15) is 5.26 Å². The van der Waals surface area contributed by atoms with Crippen LogP contribution in [0.4, 0.5) is 0 Å². The molecule has 110 valence electrons. The molecule has 6 heteroatoms. The molecule has 2 amide bonds. The van der Waals surface area contributed by atoms with Gasteiger partial charge in [0.15, 0.2) is 0 Å². The first kappa shape index (κ1) is 14.3. The third kappa shape index (κ3) is 2.85. The summed E-state index contributed by atoms with van der Waals surface area (Å²) in [6, 6.07) is 10.1. The molecule has 1 aliphatic carbocycles. The lowest BCUT2D eigenvalue weighted by molar-refractivity contribution is 0.0849. The Morgan fingerprint density at radius 2 is 1.82 bits per heavy atom. The summed E-state index contributed by atoms with van der Waals surface area (Å²) in [4.78, 5) is 25.8. The monoisotopic (exact) mass is 311 g/mol. The van der Waals surface area contributed by atoms with Crippen molar-refractivity contribution in [1.82, 2.24) is 10.9 Å². The molecule has 1 heterocycles. The Labute approximate surface area is 131 Å². The molecule has 22 heavy (non-hydrogen) atoms. The molecule has 1 aromatic heterocycles. The molecule has 2 N–H and O–H groups in total. The van der Waals surface area contributed by atoms with Crippen molar-refractivity contribution >= 4 is 23.2 Å². The molecule has 0 spiro atoms. The largest absolute Gasteiger partial charge is 0.279 e. The third-order valence-corrected chi connectivity index (χ3v) is 4.77. The van der Waals surface area contributed by atoms with Gasteiger partial charge in [0.2, 0.25) is 0 Å². The van der Waals surface area contributed by atoms with Gasteiger partial charge in [-0.3, -0.25) is 20.4 Å². The number of nitrogens with zero attached hydrogens (tertiary/aromatic N) is 1. The van der Waals surface area contributed by atoms with Crippen LogP contribution >= 0.6 is 11.3 Å². The average Bonchev–Trinajstić information content (AvgIpc) is 3.14. The summed E-state index contributed by atoms with van der Waals surface area (Å²) in [5.74, 6) is -0.719. The van der Waals surface area contributed by atoms with Crippen LogP contribution in [0.25, 0.3) is 0 Å². The third-order valence-electron chi connectivity index (χ3n) is 3.54. The van der Waals surface area contributed by atoms with Crippen molar-refractivity contribution in [2.75, 3.05) is 0 Å². The smallest absolute Gasteiger partial charge is 0.267 e. The van der Waals surface area contributed by atoms with E-state index in [1.165, 1.54) is 21.8 Å². The summed E-state index contributed by atoms with van der Waals surface area (Å²) in [6.07, 6.45) is 3.21. The zero-order chi connectivity index (χ0) is 15.5.